The van der Waals surface area contributed by atoms with Gasteiger partial charge in [-0.15, -0.1) is 0 Å². The average Bonchev–Trinajstić information content (AvgIpc) is 3.20. The van der Waals surface area contributed by atoms with Gasteiger partial charge in [-0.3, -0.25) is 14.5 Å². The Morgan fingerprint density at radius 3 is 2.27 bits per heavy atom. The van der Waals surface area contributed by atoms with Crippen LogP contribution < -0.4 is 19.7 Å². The number of amides is 2. The van der Waals surface area contributed by atoms with Gasteiger partial charge in [-0.1, -0.05) is 29.3 Å². The van der Waals surface area contributed by atoms with Crippen molar-refractivity contribution in [3.63, 3.8) is 0 Å². The smallest absolute Gasteiger partial charge is 0.337 e. The fourth-order valence-corrected chi connectivity index (χ4v) is 5.14. The van der Waals surface area contributed by atoms with Gasteiger partial charge in [0.2, 0.25) is 5.91 Å². The summed E-state index contributed by atoms with van der Waals surface area (Å²) < 4.78 is 15.4. The van der Waals surface area contributed by atoms with Crippen LogP contribution in [0.1, 0.15) is 22.3 Å². The molecule has 1 N–H and O–H groups in total. The first-order valence-corrected chi connectivity index (χ1v) is 13.6. The van der Waals surface area contributed by atoms with Gasteiger partial charge in [0.05, 0.1) is 49.0 Å². The number of carbonyl (C=O) groups excluding carboxylic acids is 3. The third-order valence-corrected chi connectivity index (χ3v) is 7.69. The highest BCUT2D eigenvalue weighted by Gasteiger charge is 2.44. The van der Waals surface area contributed by atoms with Crippen molar-refractivity contribution in [1.29, 1.82) is 0 Å². The number of thiocarbonyl (C=S) groups is 1. The van der Waals surface area contributed by atoms with Crippen molar-refractivity contribution < 1.29 is 28.6 Å². The molecule has 1 fully saturated rings. The van der Waals surface area contributed by atoms with E-state index in [2.05, 4.69) is 5.32 Å². The van der Waals surface area contributed by atoms with Gasteiger partial charge in [0.1, 0.15) is 6.04 Å². The highest BCUT2D eigenvalue weighted by Crippen LogP contribution is 2.33. The molecule has 0 saturated carbocycles. The zero-order valence-corrected chi connectivity index (χ0v) is 24.8. The van der Waals surface area contributed by atoms with Crippen LogP contribution in [0.25, 0.3) is 0 Å². The first kappa shape index (κ1) is 30.1. The summed E-state index contributed by atoms with van der Waals surface area (Å²) in [6.45, 7) is 0.351. The fourth-order valence-electron chi connectivity index (χ4n) is 4.43. The number of esters is 1. The standard InChI is InChI=1S/C29H27Cl2N3O6S/c1-38-24-11-4-17(14-25(24)39-2)12-13-33-23(16-26(35)32-19-7-5-18(6-8-19)28(37)40-3)27(36)34(29(33)41)20-9-10-21(30)22(31)15-20/h4-11,14-15,23H,12-13,16H2,1-3H3,(H,32,35)/t23-/m1/s1. The van der Waals surface area contributed by atoms with Crippen molar-refractivity contribution in [2.75, 3.05) is 38.1 Å². The van der Waals surface area contributed by atoms with Crippen LogP contribution in [0.15, 0.2) is 60.7 Å². The Morgan fingerprint density at radius 1 is 0.927 bits per heavy atom. The maximum absolute atomic E-state index is 13.7. The van der Waals surface area contributed by atoms with Crippen molar-refractivity contribution in [3.8, 4) is 11.5 Å². The molecule has 1 aliphatic rings. The van der Waals surface area contributed by atoms with E-state index < -0.39 is 17.9 Å². The molecule has 3 aromatic rings. The number of ether oxygens (including phenoxy) is 3. The van der Waals surface area contributed by atoms with Gasteiger partial charge in [0.15, 0.2) is 16.6 Å². The summed E-state index contributed by atoms with van der Waals surface area (Å²) in [5.74, 6) is -0.0684. The summed E-state index contributed by atoms with van der Waals surface area (Å²) in [5.41, 5.74) is 2.20. The number of hydrogen-bond acceptors (Lipinski definition) is 7. The molecule has 3 aromatic carbocycles. The molecule has 214 valence electrons. The second-order valence-corrected chi connectivity index (χ2v) is 10.2. The van der Waals surface area contributed by atoms with Crippen LogP contribution in [0.2, 0.25) is 10.0 Å². The molecule has 0 aromatic heterocycles. The summed E-state index contributed by atoms with van der Waals surface area (Å²) in [7, 11) is 4.41. The minimum absolute atomic E-state index is 0.165. The molecule has 2 amide bonds. The second kappa shape index (κ2) is 13.2. The molecule has 4 rings (SSSR count). The van der Waals surface area contributed by atoms with Crippen LogP contribution in [0.3, 0.4) is 0 Å². The Labute approximate surface area is 252 Å². The van der Waals surface area contributed by atoms with Gasteiger partial charge in [-0.25, -0.2) is 4.79 Å². The van der Waals surface area contributed by atoms with Crippen LogP contribution in [0, 0.1) is 0 Å². The predicted molar refractivity (Wildman–Crippen MR) is 161 cm³/mol. The number of halogens is 2. The van der Waals surface area contributed by atoms with E-state index >= 15 is 0 Å². The Bertz CT molecular complexity index is 1480. The van der Waals surface area contributed by atoms with E-state index in [9.17, 15) is 14.4 Å². The number of methoxy groups -OCH3 is 3. The number of nitrogens with zero attached hydrogens (tertiary/aromatic N) is 2. The summed E-state index contributed by atoms with van der Waals surface area (Å²) in [6.07, 6.45) is 0.345. The minimum Gasteiger partial charge on any atom is -0.493 e. The molecule has 0 radical (unpaired) electrons. The summed E-state index contributed by atoms with van der Waals surface area (Å²) in [4.78, 5) is 41.6. The lowest BCUT2D eigenvalue weighted by Crippen LogP contribution is -2.39. The Hall–Kier alpha value is -3.86. The van der Waals surface area contributed by atoms with Gasteiger partial charge in [0, 0.05) is 12.2 Å². The summed E-state index contributed by atoms with van der Waals surface area (Å²) in [5, 5.41) is 3.64. The largest absolute Gasteiger partial charge is 0.493 e. The Kier molecular flexibility index (Phi) is 9.69. The van der Waals surface area contributed by atoms with E-state index in [1.54, 1.807) is 67.7 Å². The molecule has 0 bridgehead atoms. The molecule has 9 nitrogen and oxygen atoms in total. The third kappa shape index (κ3) is 6.73. The van der Waals surface area contributed by atoms with Gasteiger partial charge < -0.3 is 24.4 Å². The monoisotopic (exact) mass is 615 g/mol. The molecular formula is C29H27Cl2N3O6S. The van der Waals surface area contributed by atoms with Gasteiger partial charge in [-0.2, -0.15) is 0 Å². The zero-order chi connectivity index (χ0) is 29.7. The van der Waals surface area contributed by atoms with Crippen molar-refractivity contribution in [2.24, 2.45) is 0 Å². The third-order valence-electron chi connectivity index (χ3n) is 6.54. The highest BCUT2D eigenvalue weighted by molar-refractivity contribution is 7.80. The van der Waals surface area contributed by atoms with Gasteiger partial charge in [-0.05, 0) is 78.8 Å². The van der Waals surface area contributed by atoms with Crippen LogP contribution >= 0.6 is 35.4 Å². The fraction of sp³-hybridized carbons (Fsp3) is 0.241. The molecule has 1 heterocycles. The number of carbonyl (C=O) groups is 3. The van der Waals surface area contributed by atoms with Crippen LogP contribution in [0.4, 0.5) is 11.4 Å². The maximum Gasteiger partial charge on any atom is 0.337 e. The predicted octanol–water partition coefficient (Wildman–Crippen LogP) is 5.37. The lowest BCUT2D eigenvalue weighted by atomic mass is 10.1. The minimum atomic E-state index is -0.869. The van der Waals surface area contributed by atoms with Crippen LogP contribution in [-0.4, -0.2) is 61.7 Å². The number of hydrogen-bond donors (Lipinski definition) is 1. The van der Waals surface area contributed by atoms with E-state index in [0.29, 0.717) is 46.4 Å². The molecule has 12 heteroatoms. The number of anilines is 2. The average molecular weight is 617 g/mol. The summed E-state index contributed by atoms with van der Waals surface area (Å²) >= 11 is 18.1. The Morgan fingerprint density at radius 2 is 1.63 bits per heavy atom. The van der Waals surface area contributed by atoms with Crippen LogP contribution in [0.5, 0.6) is 11.5 Å². The van der Waals surface area contributed by atoms with E-state index in [1.807, 2.05) is 12.1 Å². The normalized spacial score (nSPS) is 14.7. The van der Waals surface area contributed by atoms with Gasteiger partial charge >= 0.3 is 5.97 Å². The lowest BCUT2D eigenvalue weighted by Gasteiger charge is -2.24. The molecule has 41 heavy (non-hydrogen) atoms. The number of rotatable bonds is 10. The van der Waals surface area contributed by atoms with Crippen LogP contribution in [-0.2, 0) is 20.7 Å². The SMILES string of the molecule is COC(=O)c1ccc(NC(=O)C[C@@H]2C(=O)N(c3ccc(Cl)c(Cl)c3)C(=S)N2CCc2ccc(OC)c(OC)c2)cc1. The molecule has 0 aliphatic carbocycles. The number of benzene rings is 3. The van der Waals surface area contributed by atoms with Crippen molar-refractivity contribution >= 4 is 69.7 Å². The van der Waals surface area contributed by atoms with Crippen molar-refractivity contribution in [1.82, 2.24) is 4.90 Å². The zero-order valence-electron chi connectivity index (χ0n) is 22.5. The second-order valence-electron chi connectivity index (χ2n) is 9.02. The molecule has 0 spiro atoms. The van der Waals surface area contributed by atoms with E-state index in [0.717, 1.165) is 5.56 Å². The molecule has 0 unspecified atom stereocenters. The first-order valence-electron chi connectivity index (χ1n) is 12.5. The topological polar surface area (TPSA) is 97.4 Å². The highest BCUT2D eigenvalue weighted by atomic mass is 35.5. The summed E-state index contributed by atoms with van der Waals surface area (Å²) in [6, 6.07) is 15.7. The first-order chi connectivity index (χ1) is 19.7. The molecule has 1 aliphatic heterocycles. The van der Waals surface area contributed by atoms with Crippen molar-refractivity contribution in [2.45, 2.75) is 18.9 Å². The van der Waals surface area contributed by atoms with E-state index in [1.165, 1.54) is 12.0 Å². The van der Waals surface area contributed by atoms with Gasteiger partial charge in [0.25, 0.3) is 5.91 Å². The lowest BCUT2D eigenvalue weighted by molar-refractivity contribution is -0.124. The van der Waals surface area contributed by atoms with Crippen molar-refractivity contribution in [3.05, 3.63) is 81.8 Å². The quantitative estimate of drug-likeness (QED) is 0.240. The Balaban J connectivity index is 1.56. The number of nitrogens with one attached hydrogen (secondary N) is 1. The molecule has 1 saturated heterocycles. The molecule has 1 atom stereocenters. The van der Waals surface area contributed by atoms with E-state index in [4.69, 9.17) is 49.6 Å². The maximum atomic E-state index is 13.7. The van der Waals surface area contributed by atoms with E-state index in [-0.39, 0.29) is 22.5 Å². The molecular weight excluding hydrogens is 589 g/mol.